The Hall–Kier alpha value is -1.13. The Kier molecular flexibility index (Phi) is 4.42. The lowest BCUT2D eigenvalue weighted by atomic mass is 9.98. The van der Waals surface area contributed by atoms with E-state index in [0.29, 0.717) is 10.7 Å². The number of aryl methyl sites for hydroxylation is 1. The first-order valence-electron chi connectivity index (χ1n) is 6.68. The maximum Gasteiger partial charge on any atom is 0.251 e. The van der Waals surface area contributed by atoms with Crippen molar-refractivity contribution in [1.29, 1.82) is 0 Å². The predicted molar refractivity (Wildman–Crippen MR) is 74.4 cm³/mol. The van der Waals surface area contributed by atoms with Crippen LogP contribution < -0.4 is 5.32 Å². The fourth-order valence-corrected chi connectivity index (χ4v) is 2.78. The van der Waals surface area contributed by atoms with Crippen LogP contribution in [0.4, 0.5) is 0 Å². The van der Waals surface area contributed by atoms with Crippen molar-refractivity contribution < 1.29 is 9.90 Å². The maximum absolute atomic E-state index is 12.3. The molecule has 0 aromatic carbocycles. The zero-order valence-corrected chi connectivity index (χ0v) is 11.8. The third-order valence-electron chi connectivity index (χ3n) is 3.71. The Morgan fingerprint density at radius 1 is 1.47 bits per heavy atom. The SMILES string of the molecule is CCc1cc(C(=O)NC2(CO)CCCC2)cc(Cl)n1. The highest BCUT2D eigenvalue weighted by atomic mass is 35.5. The third kappa shape index (κ3) is 3.25. The van der Waals surface area contributed by atoms with E-state index >= 15 is 0 Å². The Morgan fingerprint density at radius 2 is 2.16 bits per heavy atom. The van der Waals surface area contributed by atoms with Gasteiger partial charge in [-0.3, -0.25) is 4.79 Å². The third-order valence-corrected chi connectivity index (χ3v) is 3.91. The van der Waals surface area contributed by atoms with Crippen LogP contribution in [0.25, 0.3) is 0 Å². The largest absolute Gasteiger partial charge is 0.394 e. The maximum atomic E-state index is 12.3. The fraction of sp³-hybridized carbons (Fsp3) is 0.571. The molecule has 1 amide bonds. The first-order valence-corrected chi connectivity index (χ1v) is 7.06. The van der Waals surface area contributed by atoms with E-state index in [2.05, 4.69) is 10.3 Å². The minimum absolute atomic E-state index is 0.0157. The molecular formula is C14H19ClN2O2. The normalized spacial score (nSPS) is 17.4. The summed E-state index contributed by atoms with van der Waals surface area (Å²) in [5.41, 5.74) is 0.845. The van der Waals surface area contributed by atoms with Crippen molar-refractivity contribution in [2.45, 2.75) is 44.6 Å². The number of aromatic nitrogens is 1. The van der Waals surface area contributed by atoms with Crippen LogP contribution in [0.3, 0.4) is 0 Å². The van der Waals surface area contributed by atoms with Gasteiger partial charge in [-0.05, 0) is 31.4 Å². The smallest absolute Gasteiger partial charge is 0.251 e. The van der Waals surface area contributed by atoms with Crippen molar-refractivity contribution in [2.24, 2.45) is 0 Å². The molecule has 1 aromatic heterocycles. The molecule has 2 N–H and O–H groups in total. The molecule has 0 unspecified atom stereocenters. The highest BCUT2D eigenvalue weighted by molar-refractivity contribution is 6.29. The Morgan fingerprint density at radius 3 is 2.74 bits per heavy atom. The lowest BCUT2D eigenvalue weighted by Crippen LogP contribution is -2.49. The molecule has 0 aliphatic heterocycles. The average Bonchev–Trinajstić information content (AvgIpc) is 2.87. The number of aliphatic hydroxyl groups is 1. The molecule has 2 rings (SSSR count). The summed E-state index contributed by atoms with van der Waals surface area (Å²) in [6.07, 6.45) is 4.46. The monoisotopic (exact) mass is 282 g/mol. The zero-order chi connectivity index (χ0) is 13.9. The van der Waals surface area contributed by atoms with Gasteiger partial charge in [0.25, 0.3) is 5.91 Å². The molecule has 0 bridgehead atoms. The summed E-state index contributed by atoms with van der Waals surface area (Å²) in [4.78, 5) is 16.4. The van der Waals surface area contributed by atoms with Gasteiger partial charge in [0, 0.05) is 11.3 Å². The second-order valence-electron chi connectivity index (χ2n) is 5.12. The molecule has 1 aromatic rings. The van der Waals surface area contributed by atoms with E-state index in [0.717, 1.165) is 37.8 Å². The molecule has 1 heterocycles. The quantitative estimate of drug-likeness (QED) is 0.833. The molecule has 1 fully saturated rings. The van der Waals surface area contributed by atoms with Crippen LogP contribution in [0.2, 0.25) is 5.15 Å². The van der Waals surface area contributed by atoms with E-state index in [1.165, 1.54) is 0 Å². The van der Waals surface area contributed by atoms with Gasteiger partial charge in [-0.2, -0.15) is 0 Å². The number of carbonyl (C=O) groups excluding carboxylic acids is 1. The number of aliphatic hydroxyl groups excluding tert-OH is 1. The number of halogens is 1. The van der Waals surface area contributed by atoms with Crippen molar-refractivity contribution in [3.8, 4) is 0 Å². The molecule has 0 spiro atoms. The van der Waals surface area contributed by atoms with Gasteiger partial charge in [0.05, 0.1) is 12.1 Å². The molecular weight excluding hydrogens is 264 g/mol. The number of hydrogen-bond donors (Lipinski definition) is 2. The van der Waals surface area contributed by atoms with Crippen molar-refractivity contribution in [1.82, 2.24) is 10.3 Å². The van der Waals surface area contributed by atoms with Crippen LogP contribution in [0.5, 0.6) is 0 Å². The molecule has 19 heavy (non-hydrogen) atoms. The summed E-state index contributed by atoms with van der Waals surface area (Å²) in [6.45, 7) is 1.95. The van der Waals surface area contributed by atoms with Gasteiger partial charge < -0.3 is 10.4 Å². The van der Waals surface area contributed by atoms with E-state index in [4.69, 9.17) is 11.6 Å². The van der Waals surface area contributed by atoms with Gasteiger partial charge in [-0.15, -0.1) is 0 Å². The first kappa shape index (κ1) is 14.3. The zero-order valence-electron chi connectivity index (χ0n) is 11.1. The number of rotatable bonds is 4. The van der Waals surface area contributed by atoms with Gasteiger partial charge in [-0.25, -0.2) is 4.98 Å². The molecule has 0 radical (unpaired) electrons. The lowest BCUT2D eigenvalue weighted by molar-refractivity contribution is 0.0838. The standard InChI is InChI=1S/C14H19ClN2O2/c1-2-11-7-10(8-12(15)16-11)13(19)17-14(9-18)5-3-4-6-14/h7-8,18H,2-6,9H2,1H3,(H,17,19). The number of pyridine rings is 1. The topological polar surface area (TPSA) is 62.2 Å². The van der Waals surface area contributed by atoms with Gasteiger partial charge >= 0.3 is 0 Å². The van der Waals surface area contributed by atoms with Crippen LogP contribution in [0.15, 0.2) is 12.1 Å². The van der Waals surface area contributed by atoms with Gasteiger partial charge in [0.15, 0.2) is 0 Å². The molecule has 0 atom stereocenters. The number of amides is 1. The number of nitrogens with zero attached hydrogens (tertiary/aromatic N) is 1. The van der Waals surface area contributed by atoms with Crippen LogP contribution in [-0.2, 0) is 6.42 Å². The van der Waals surface area contributed by atoms with Crippen LogP contribution in [-0.4, -0.2) is 28.1 Å². The minimum atomic E-state index is -0.459. The minimum Gasteiger partial charge on any atom is -0.394 e. The van der Waals surface area contributed by atoms with Gasteiger partial charge in [-0.1, -0.05) is 31.4 Å². The van der Waals surface area contributed by atoms with Crippen LogP contribution >= 0.6 is 11.6 Å². The summed E-state index contributed by atoms with van der Waals surface area (Å²) >= 11 is 5.92. The van der Waals surface area contributed by atoms with E-state index < -0.39 is 5.54 Å². The highest BCUT2D eigenvalue weighted by Crippen LogP contribution is 2.29. The van der Waals surface area contributed by atoms with E-state index in [-0.39, 0.29) is 12.5 Å². The van der Waals surface area contributed by atoms with Gasteiger partial charge in [0.1, 0.15) is 5.15 Å². The lowest BCUT2D eigenvalue weighted by Gasteiger charge is -2.28. The van der Waals surface area contributed by atoms with Gasteiger partial charge in [0.2, 0.25) is 0 Å². The number of carbonyl (C=O) groups is 1. The summed E-state index contributed by atoms with van der Waals surface area (Å²) in [7, 11) is 0. The summed E-state index contributed by atoms with van der Waals surface area (Å²) in [6, 6.07) is 3.32. The Bertz CT molecular complexity index is 471. The van der Waals surface area contributed by atoms with Crippen molar-refractivity contribution in [2.75, 3.05) is 6.61 Å². The summed E-state index contributed by atoms with van der Waals surface area (Å²) < 4.78 is 0. The van der Waals surface area contributed by atoms with E-state index in [1.807, 2.05) is 6.92 Å². The summed E-state index contributed by atoms with van der Waals surface area (Å²) in [5.74, 6) is -0.185. The van der Waals surface area contributed by atoms with Crippen LogP contribution in [0.1, 0.15) is 48.7 Å². The molecule has 104 valence electrons. The second-order valence-corrected chi connectivity index (χ2v) is 5.51. The van der Waals surface area contributed by atoms with E-state index in [1.54, 1.807) is 12.1 Å². The van der Waals surface area contributed by atoms with E-state index in [9.17, 15) is 9.90 Å². The predicted octanol–water partition coefficient (Wildman–Crippen LogP) is 2.33. The molecule has 1 aliphatic carbocycles. The molecule has 5 heteroatoms. The van der Waals surface area contributed by atoms with Crippen LogP contribution in [0, 0.1) is 0 Å². The van der Waals surface area contributed by atoms with Crippen molar-refractivity contribution in [3.05, 3.63) is 28.5 Å². The highest BCUT2D eigenvalue weighted by Gasteiger charge is 2.34. The average molecular weight is 283 g/mol. The Balaban J connectivity index is 2.17. The Labute approximate surface area is 118 Å². The number of hydrogen-bond acceptors (Lipinski definition) is 3. The second kappa shape index (κ2) is 5.88. The molecule has 0 saturated heterocycles. The van der Waals surface area contributed by atoms with Crippen molar-refractivity contribution >= 4 is 17.5 Å². The van der Waals surface area contributed by atoms with Crippen molar-refractivity contribution in [3.63, 3.8) is 0 Å². The number of nitrogens with one attached hydrogen (secondary N) is 1. The molecule has 4 nitrogen and oxygen atoms in total. The first-order chi connectivity index (χ1) is 9.08. The molecule has 1 aliphatic rings. The molecule has 1 saturated carbocycles. The summed E-state index contributed by atoms with van der Waals surface area (Å²) in [5, 5.41) is 12.8. The fourth-order valence-electron chi connectivity index (χ4n) is 2.55.